The number of aliphatic hydroxyl groups is 1. The molecule has 1 atom stereocenters. The van der Waals surface area contributed by atoms with Crippen molar-refractivity contribution in [3.63, 3.8) is 0 Å². The van der Waals surface area contributed by atoms with Gasteiger partial charge in [-0.3, -0.25) is 0 Å². The standard InChI is InChI=1S/C13H23NOS/c1-4-12(5-6-15)8-14-9-13-7-10(2)16-11(13)3/h7,12,14-15H,4-6,8-9H2,1-3H3. The fraction of sp³-hybridized carbons (Fsp3) is 0.692. The zero-order valence-electron chi connectivity index (χ0n) is 10.5. The molecule has 2 N–H and O–H groups in total. The van der Waals surface area contributed by atoms with Crippen molar-refractivity contribution in [3.8, 4) is 0 Å². The van der Waals surface area contributed by atoms with Crippen molar-refractivity contribution >= 4 is 11.3 Å². The molecule has 0 fully saturated rings. The Hall–Kier alpha value is -0.380. The molecule has 0 bridgehead atoms. The Bertz CT molecular complexity index is 309. The van der Waals surface area contributed by atoms with Crippen LogP contribution in [-0.2, 0) is 6.54 Å². The highest BCUT2D eigenvalue weighted by Crippen LogP contribution is 2.20. The van der Waals surface area contributed by atoms with E-state index in [9.17, 15) is 0 Å². The van der Waals surface area contributed by atoms with Gasteiger partial charge in [0.05, 0.1) is 0 Å². The van der Waals surface area contributed by atoms with Crippen LogP contribution in [-0.4, -0.2) is 18.3 Å². The minimum atomic E-state index is 0.302. The molecule has 0 radical (unpaired) electrons. The molecule has 1 rings (SSSR count). The maximum atomic E-state index is 8.91. The smallest absolute Gasteiger partial charge is 0.0434 e. The molecule has 1 aromatic heterocycles. The monoisotopic (exact) mass is 241 g/mol. The van der Waals surface area contributed by atoms with Gasteiger partial charge < -0.3 is 10.4 Å². The van der Waals surface area contributed by atoms with E-state index in [1.807, 2.05) is 11.3 Å². The lowest BCUT2D eigenvalue weighted by Gasteiger charge is -2.14. The molecule has 1 heterocycles. The highest BCUT2D eigenvalue weighted by atomic mass is 32.1. The molecule has 1 aromatic rings. The van der Waals surface area contributed by atoms with Crippen molar-refractivity contribution < 1.29 is 5.11 Å². The first-order chi connectivity index (χ1) is 7.67. The van der Waals surface area contributed by atoms with Gasteiger partial charge in [0.15, 0.2) is 0 Å². The third-order valence-corrected chi connectivity index (χ3v) is 4.02. The minimum absolute atomic E-state index is 0.302. The molecule has 0 aliphatic carbocycles. The molecular weight excluding hydrogens is 218 g/mol. The first-order valence-corrected chi connectivity index (χ1v) is 6.86. The van der Waals surface area contributed by atoms with Gasteiger partial charge in [0, 0.05) is 22.9 Å². The van der Waals surface area contributed by atoms with Gasteiger partial charge in [-0.25, -0.2) is 0 Å². The third kappa shape index (κ3) is 4.24. The first-order valence-electron chi connectivity index (χ1n) is 6.04. The first kappa shape index (κ1) is 13.7. The summed E-state index contributed by atoms with van der Waals surface area (Å²) >= 11 is 1.86. The lowest BCUT2D eigenvalue weighted by atomic mass is 10.0. The van der Waals surface area contributed by atoms with Crippen molar-refractivity contribution in [2.75, 3.05) is 13.2 Å². The van der Waals surface area contributed by atoms with Crippen molar-refractivity contribution in [1.29, 1.82) is 0 Å². The maximum Gasteiger partial charge on any atom is 0.0434 e. The van der Waals surface area contributed by atoms with Crippen molar-refractivity contribution in [3.05, 3.63) is 21.4 Å². The van der Waals surface area contributed by atoms with Gasteiger partial charge in [0.25, 0.3) is 0 Å². The lowest BCUT2D eigenvalue weighted by molar-refractivity contribution is 0.251. The summed E-state index contributed by atoms with van der Waals surface area (Å²) in [6.07, 6.45) is 2.04. The SMILES string of the molecule is CCC(CCO)CNCc1cc(C)sc1C. The van der Waals surface area contributed by atoms with Gasteiger partial charge in [-0.1, -0.05) is 13.3 Å². The third-order valence-electron chi connectivity index (χ3n) is 3.01. The van der Waals surface area contributed by atoms with Crippen LogP contribution >= 0.6 is 11.3 Å². The van der Waals surface area contributed by atoms with Crippen LogP contribution < -0.4 is 5.32 Å². The summed E-state index contributed by atoms with van der Waals surface area (Å²) in [4.78, 5) is 2.80. The maximum absolute atomic E-state index is 8.91. The summed E-state index contributed by atoms with van der Waals surface area (Å²) in [7, 11) is 0. The number of thiophene rings is 1. The molecule has 0 amide bonds. The number of hydrogen-bond donors (Lipinski definition) is 2. The number of rotatable bonds is 7. The Labute approximate surface area is 103 Å². The minimum Gasteiger partial charge on any atom is -0.396 e. The van der Waals surface area contributed by atoms with E-state index in [2.05, 4.69) is 32.2 Å². The molecular formula is C13H23NOS. The summed E-state index contributed by atoms with van der Waals surface area (Å²) in [6, 6.07) is 2.26. The van der Waals surface area contributed by atoms with Crippen molar-refractivity contribution in [2.24, 2.45) is 5.92 Å². The number of aliphatic hydroxyl groups excluding tert-OH is 1. The van der Waals surface area contributed by atoms with Gasteiger partial charge >= 0.3 is 0 Å². The van der Waals surface area contributed by atoms with E-state index in [4.69, 9.17) is 5.11 Å². The zero-order chi connectivity index (χ0) is 12.0. The molecule has 0 saturated carbocycles. The largest absolute Gasteiger partial charge is 0.396 e. The Morgan fingerprint density at radius 3 is 2.69 bits per heavy atom. The normalized spacial score (nSPS) is 13.0. The zero-order valence-corrected chi connectivity index (χ0v) is 11.4. The number of aryl methyl sites for hydroxylation is 2. The second kappa shape index (κ2) is 7.05. The van der Waals surface area contributed by atoms with Gasteiger partial charge in [-0.2, -0.15) is 0 Å². The van der Waals surface area contributed by atoms with E-state index in [1.54, 1.807) is 0 Å². The van der Waals surface area contributed by atoms with E-state index >= 15 is 0 Å². The molecule has 0 aromatic carbocycles. The highest BCUT2D eigenvalue weighted by Gasteiger charge is 2.06. The van der Waals surface area contributed by atoms with Crippen LogP contribution in [0.3, 0.4) is 0 Å². The predicted molar refractivity (Wildman–Crippen MR) is 71.0 cm³/mol. The van der Waals surface area contributed by atoms with Gasteiger partial charge in [0.1, 0.15) is 0 Å². The van der Waals surface area contributed by atoms with E-state index in [0.29, 0.717) is 12.5 Å². The van der Waals surface area contributed by atoms with E-state index in [0.717, 1.165) is 25.9 Å². The molecule has 0 spiro atoms. The Balaban J connectivity index is 2.32. The summed E-state index contributed by atoms with van der Waals surface area (Å²) in [5, 5.41) is 12.4. The molecule has 16 heavy (non-hydrogen) atoms. The highest BCUT2D eigenvalue weighted by molar-refractivity contribution is 7.12. The van der Waals surface area contributed by atoms with E-state index in [1.165, 1.54) is 15.3 Å². The second-order valence-corrected chi connectivity index (χ2v) is 5.82. The molecule has 1 unspecified atom stereocenters. The van der Waals surface area contributed by atoms with Crippen LogP contribution in [0.25, 0.3) is 0 Å². The molecule has 2 nitrogen and oxygen atoms in total. The topological polar surface area (TPSA) is 32.3 Å². The average Bonchev–Trinajstić information content (AvgIpc) is 2.56. The molecule has 3 heteroatoms. The van der Waals surface area contributed by atoms with Crippen LogP contribution in [0.2, 0.25) is 0 Å². The fourth-order valence-corrected chi connectivity index (χ4v) is 2.85. The molecule has 0 aliphatic heterocycles. The van der Waals surface area contributed by atoms with Crippen LogP contribution in [0.4, 0.5) is 0 Å². The molecule has 92 valence electrons. The van der Waals surface area contributed by atoms with E-state index < -0.39 is 0 Å². The van der Waals surface area contributed by atoms with Crippen LogP contribution in [0.1, 0.15) is 35.1 Å². The predicted octanol–water partition coefficient (Wildman–Crippen LogP) is 2.86. The van der Waals surface area contributed by atoms with Gasteiger partial charge in [-0.15, -0.1) is 11.3 Å². The van der Waals surface area contributed by atoms with Crippen molar-refractivity contribution in [1.82, 2.24) is 5.32 Å². The number of nitrogens with one attached hydrogen (secondary N) is 1. The molecule has 0 saturated heterocycles. The summed E-state index contributed by atoms with van der Waals surface area (Å²) in [6.45, 7) is 8.78. The summed E-state index contributed by atoms with van der Waals surface area (Å²) in [5.74, 6) is 0.602. The number of hydrogen-bond acceptors (Lipinski definition) is 3. The Morgan fingerprint density at radius 2 is 2.19 bits per heavy atom. The van der Waals surface area contributed by atoms with Gasteiger partial charge in [0.2, 0.25) is 0 Å². The summed E-state index contributed by atoms with van der Waals surface area (Å²) in [5.41, 5.74) is 1.42. The average molecular weight is 241 g/mol. The summed E-state index contributed by atoms with van der Waals surface area (Å²) < 4.78 is 0. The fourth-order valence-electron chi connectivity index (χ4n) is 1.90. The quantitative estimate of drug-likeness (QED) is 0.769. The lowest BCUT2D eigenvalue weighted by Crippen LogP contribution is -2.22. The second-order valence-electron chi connectivity index (χ2n) is 4.36. The Morgan fingerprint density at radius 1 is 1.44 bits per heavy atom. The Kier molecular flexibility index (Phi) is 6.03. The molecule has 0 aliphatic rings. The van der Waals surface area contributed by atoms with Crippen LogP contribution in [0.15, 0.2) is 6.07 Å². The van der Waals surface area contributed by atoms with Crippen LogP contribution in [0, 0.1) is 19.8 Å². The van der Waals surface area contributed by atoms with Crippen LogP contribution in [0.5, 0.6) is 0 Å². The van der Waals surface area contributed by atoms with Gasteiger partial charge in [-0.05, 0) is 44.4 Å². The van der Waals surface area contributed by atoms with Crippen molar-refractivity contribution in [2.45, 2.75) is 40.2 Å². The van der Waals surface area contributed by atoms with E-state index in [-0.39, 0.29) is 0 Å².